The van der Waals surface area contributed by atoms with Gasteiger partial charge in [0.1, 0.15) is 0 Å². The maximum Gasteiger partial charge on any atom is 0.416 e. The average molecular weight is 354 g/mol. The molecule has 0 aromatic heterocycles. The second-order valence-corrected chi connectivity index (χ2v) is 5.55. The molecule has 2 N–H and O–H groups in total. The first-order chi connectivity index (χ1) is 10.1. The lowest BCUT2D eigenvalue weighted by Crippen LogP contribution is -2.44. The van der Waals surface area contributed by atoms with Crippen LogP contribution in [0.5, 0.6) is 0 Å². The van der Waals surface area contributed by atoms with Crippen molar-refractivity contribution in [2.45, 2.75) is 25.7 Å². The van der Waals surface area contributed by atoms with Crippen LogP contribution in [0.2, 0.25) is 0 Å². The summed E-state index contributed by atoms with van der Waals surface area (Å²) in [4.78, 5) is 15.6. The number of nitrogens with zero attached hydrogens (tertiary/aromatic N) is 2. The first-order valence-corrected chi connectivity index (χ1v) is 6.96. The summed E-state index contributed by atoms with van der Waals surface area (Å²) in [5.74, 6) is -0.221. The normalized spacial score (nSPS) is 12.7. The molecule has 0 radical (unpaired) electrons. The number of halogens is 4. The Kier molecular flexibility index (Phi) is 8.58. The molecule has 0 saturated heterocycles. The number of alkyl halides is 3. The number of amides is 1. The summed E-state index contributed by atoms with van der Waals surface area (Å²) in [5, 5.41) is 0. The topological polar surface area (TPSA) is 49.6 Å². The highest BCUT2D eigenvalue weighted by atomic mass is 35.5. The number of carbonyl (C=O) groups excluding carboxylic acids is 1. The molecule has 0 spiro atoms. The fraction of sp³-hybridized carbons (Fsp3) is 0.533. The molecule has 0 bridgehead atoms. The number of likely N-dealkylation sites (N-methyl/N-ethyl adjacent to an activating group) is 1. The molecule has 4 nitrogen and oxygen atoms in total. The minimum Gasteiger partial charge on any atom is -0.336 e. The molecule has 0 heterocycles. The molecule has 1 aromatic carbocycles. The second-order valence-electron chi connectivity index (χ2n) is 5.55. The van der Waals surface area contributed by atoms with Gasteiger partial charge in [0, 0.05) is 19.6 Å². The molecule has 1 aromatic rings. The van der Waals surface area contributed by atoms with Crippen LogP contribution in [0.25, 0.3) is 0 Å². The van der Waals surface area contributed by atoms with E-state index in [2.05, 4.69) is 0 Å². The minimum absolute atomic E-state index is 0. The van der Waals surface area contributed by atoms with Gasteiger partial charge in [-0.05, 0) is 38.7 Å². The van der Waals surface area contributed by atoms with Crippen LogP contribution in [0.4, 0.5) is 13.2 Å². The van der Waals surface area contributed by atoms with Gasteiger partial charge in [-0.15, -0.1) is 12.4 Å². The molecule has 0 aliphatic carbocycles. The van der Waals surface area contributed by atoms with E-state index in [1.807, 2.05) is 19.0 Å². The summed E-state index contributed by atoms with van der Waals surface area (Å²) < 4.78 is 37.6. The van der Waals surface area contributed by atoms with E-state index < -0.39 is 17.8 Å². The third-order valence-corrected chi connectivity index (χ3v) is 3.17. The zero-order valence-corrected chi connectivity index (χ0v) is 14.2. The Morgan fingerprint density at radius 2 is 1.70 bits per heavy atom. The zero-order valence-electron chi connectivity index (χ0n) is 13.4. The molecule has 0 aliphatic heterocycles. The highest BCUT2D eigenvalue weighted by Gasteiger charge is 2.30. The van der Waals surface area contributed by atoms with E-state index in [0.717, 1.165) is 12.1 Å². The molecule has 0 fully saturated rings. The average Bonchev–Trinajstić information content (AvgIpc) is 2.41. The van der Waals surface area contributed by atoms with Crippen LogP contribution in [-0.2, 0) is 17.5 Å². The Balaban J connectivity index is 0.00000484. The van der Waals surface area contributed by atoms with Crippen molar-refractivity contribution in [3.8, 4) is 0 Å². The fourth-order valence-corrected chi connectivity index (χ4v) is 1.90. The zero-order chi connectivity index (χ0) is 16.9. The van der Waals surface area contributed by atoms with Gasteiger partial charge in [0.05, 0.1) is 11.6 Å². The number of carbonyl (C=O) groups is 1. The monoisotopic (exact) mass is 353 g/mol. The maximum absolute atomic E-state index is 12.5. The summed E-state index contributed by atoms with van der Waals surface area (Å²) in [6.07, 6.45) is -4.36. The molecular formula is C15H23ClF3N3O. The van der Waals surface area contributed by atoms with Crippen molar-refractivity contribution in [2.75, 3.05) is 27.2 Å². The molecule has 0 aliphatic rings. The molecule has 1 rings (SSSR count). The lowest BCUT2D eigenvalue weighted by atomic mass is 10.1. The van der Waals surface area contributed by atoms with Crippen molar-refractivity contribution >= 4 is 18.3 Å². The molecule has 132 valence electrons. The highest BCUT2D eigenvalue weighted by molar-refractivity contribution is 5.85. The number of hydrogen-bond acceptors (Lipinski definition) is 3. The quantitative estimate of drug-likeness (QED) is 0.854. The SMILES string of the molecule is CC(N)C(=O)N(CCN(C)C)Cc1ccc(C(F)(F)F)cc1.Cl. The largest absolute Gasteiger partial charge is 0.416 e. The van der Waals surface area contributed by atoms with E-state index in [0.29, 0.717) is 18.7 Å². The maximum atomic E-state index is 12.5. The smallest absolute Gasteiger partial charge is 0.336 e. The summed E-state index contributed by atoms with van der Waals surface area (Å²) in [5.41, 5.74) is 5.56. The molecule has 0 saturated carbocycles. The standard InChI is InChI=1S/C15H22F3N3O.ClH/c1-11(19)14(22)21(9-8-20(2)3)10-12-4-6-13(7-5-12)15(16,17)18;/h4-7,11H,8-10,19H2,1-3H3;1H. The van der Waals surface area contributed by atoms with E-state index >= 15 is 0 Å². The Labute approximate surface area is 140 Å². The van der Waals surface area contributed by atoms with Crippen LogP contribution in [0.1, 0.15) is 18.1 Å². The second kappa shape index (κ2) is 9.10. The third kappa shape index (κ3) is 7.20. The van der Waals surface area contributed by atoms with Crippen molar-refractivity contribution in [1.29, 1.82) is 0 Å². The van der Waals surface area contributed by atoms with Gasteiger partial charge in [-0.25, -0.2) is 0 Å². The van der Waals surface area contributed by atoms with Gasteiger partial charge in [0.25, 0.3) is 0 Å². The lowest BCUT2D eigenvalue weighted by Gasteiger charge is -2.26. The van der Waals surface area contributed by atoms with E-state index in [-0.39, 0.29) is 24.9 Å². The molecular weight excluding hydrogens is 331 g/mol. The van der Waals surface area contributed by atoms with E-state index in [1.165, 1.54) is 12.1 Å². The van der Waals surface area contributed by atoms with Crippen LogP contribution in [0.15, 0.2) is 24.3 Å². The van der Waals surface area contributed by atoms with Crippen molar-refractivity contribution in [2.24, 2.45) is 5.73 Å². The Morgan fingerprint density at radius 3 is 2.09 bits per heavy atom. The minimum atomic E-state index is -4.36. The van der Waals surface area contributed by atoms with E-state index in [4.69, 9.17) is 5.73 Å². The number of nitrogens with two attached hydrogens (primary N) is 1. The Hall–Kier alpha value is -1.31. The third-order valence-electron chi connectivity index (χ3n) is 3.17. The van der Waals surface area contributed by atoms with Gasteiger partial charge in [-0.3, -0.25) is 4.79 Å². The Morgan fingerprint density at radius 1 is 1.17 bits per heavy atom. The van der Waals surface area contributed by atoms with E-state index in [9.17, 15) is 18.0 Å². The summed E-state index contributed by atoms with van der Waals surface area (Å²) >= 11 is 0. The lowest BCUT2D eigenvalue weighted by molar-refractivity contribution is -0.137. The highest BCUT2D eigenvalue weighted by Crippen LogP contribution is 2.29. The van der Waals surface area contributed by atoms with Crippen LogP contribution >= 0.6 is 12.4 Å². The predicted molar refractivity (Wildman–Crippen MR) is 86.3 cm³/mol. The van der Waals surface area contributed by atoms with Gasteiger partial charge in [0.2, 0.25) is 5.91 Å². The molecule has 1 amide bonds. The van der Waals surface area contributed by atoms with Crippen molar-refractivity contribution in [3.63, 3.8) is 0 Å². The van der Waals surface area contributed by atoms with Gasteiger partial charge in [-0.2, -0.15) is 13.2 Å². The van der Waals surface area contributed by atoms with Gasteiger partial charge >= 0.3 is 6.18 Å². The van der Waals surface area contributed by atoms with Gasteiger partial charge in [0.15, 0.2) is 0 Å². The van der Waals surface area contributed by atoms with Gasteiger partial charge < -0.3 is 15.5 Å². The predicted octanol–water partition coefficient (Wildman–Crippen LogP) is 2.36. The van der Waals surface area contributed by atoms with Crippen molar-refractivity contribution in [1.82, 2.24) is 9.80 Å². The summed E-state index contributed by atoms with van der Waals surface area (Å²) in [6.45, 7) is 2.96. The Bertz CT molecular complexity index is 490. The fourth-order valence-electron chi connectivity index (χ4n) is 1.90. The number of rotatable bonds is 6. The molecule has 23 heavy (non-hydrogen) atoms. The molecule has 8 heteroatoms. The van der Waals surface area contributed by atoms with Crippen LogP contribution in [-0.4, -0.2) is 48.9 Å². The number of benzene rings is 1. The van der Waals surface area contributed by atoms with Crippen LogP contribution in [0, 0.1) is 0 Å². The van der Waals surface area contributed by atoms with Crippen molar-refractivity contribution < 1.29 is 18.0 Å². The van der Waals surface area contributed by atoms with Crippen molar-refractivity contribution in [3.05, 3.63) is 35.4 Å². The number of hydrogen-bond donors (Lipinski definition) is 1. The first-order valence-electron chi connectivity index (χ1n) is 6.96. The van der Waals surface area contributed by atoms with Crippen LogP contribution < -0.4 is 5.73 Å². The van der Waals surface area contributed by atoms with Gasteiger partial charge in [-0.1, -0.05) is 12.1 Å². The molecule has 1 atom stereocenters. The summed E-state index contributed by atoms with van der Waals surface area (Å²) in [7, 11) is 3.76. The first kappa shape index (κ1) is 21.7. The molecule has 1 unspecified atom stereocenters. The van der Waals surface area contributed by atoms with Crippen LogP contribution in [0.3, 0.4) is 0 Å². The summed E-state index contributed by atoms with van der Waals surface area (Å²) in [6, 6.07) is 4.18. The van der Waals surface area contributed by atoms with E-state index in [1.54, 1.807) is 11.8 Å².